The van der Waals surface area contributed by atoms with Gasteiger partial charge >= 0.3 is 0 Å². The Kier molecular flexibility index (Phi) is 4.04. The number of aliphatic hydroxyl groups is 1. The first kappa shape index (κ1) is 14.2. The van der Waals surface area contributed by atoms with Gasteiger partial charge in [-0.3, -0.25) is 9.88 Å². The van der Waals surface area contributed by atoms with Crippen molar-refractivity contribution >= 4 is 0 Å². The van der Waals surface area contributed by atoms with Gasteiger partial charge in [0.2, 0.25) is 0 Å². The quantitative estimate of drug-likeness (QED) is 0.940. The maximum atomic E-state index is 11.1. The third-order valence-corrected chi connectivity index (χ3v) is 4.34. The van der Waals surface area contributed by atoms with Gasteiger partial charge in [-0.25, -0.2) is 0 Å². The van der Waals surface area contributed by atoms with Gasteiger partial charge in [-0.15, -0.1) is 0 Å². The molecule has 3 heteroatoms. The van der Waals surface area contributed by atoms with Crippen LogP contribution in [0.3, 0.4) is 0 Å². The molecule has 1 aromatic heterocycles. The fraction of sp³-hybridized carbons (Fsp3) is 0.389. The van der Waals surface area contributed by atoms with Crippen molar-refractivity contribution in [2.75, 3.05) is 13.1 Å². The summed E-state index contributed by atoms with van der Waals surface area (Å²) in [6.45, 7) is 4.65. The van der Waals surface area contributed by atoms with E-state index in [1.54, 1.807) is 6.20 Å². The standard InChI is InChI=1S/C18H22N2O/c1-15-8-10-19-12-17(15)18(21)9-5-11-20(14-18)13-16-6-3-2-4-7-16/h2-4,6-8,10,12,21H,5,9,11,13-14H2,1H3. The Balaban J connectivity index is 1.78. The number of hydrogen-bond acceptors (Lipinski definition) is 3. The van der Waals surface area contributed by atoms with Crippen LogP contribution in [-0.4, -0.2) is 28.1 Å². The zero-order valence-corrected chi connectivity index (χ0v) is 12.5. The molecule has 3 nitrogen and oxygen atoms in total. The molecular weight excluding hydrogens is 260 g/mol. The van der Waals surface area contributed by atoms with Gasteiger partial charge in [0, 0.05) is 31.0 Å². The predicted molar refractivity (Wildman–Crippen MR) is 83.8 cm³/mol. The topological polar surface area (TPSA) is 36.4 Å². The molecule has 0 saturated carbocycles. The van der Waals surface area contributed by atoms with Gasteiger partial charge in [0.1, 0.15) is 5.60 Å². The van der Waals surface area contributed by atoms with Gasteiger partial charge in [-0.1, -0.05) is 30.3 Å². The summed E-state index contributed by atoms with van der Waals surface area (Å²) in [4.78, 5) is 6.53. The molecule has 1 N–H and O–H groups in total. The zero-order chi connectivity index (χ0) is 14.7. The molecule has 1 fully saturated rings. The number of aromatic nitrogens is 1. The molecule has 2 aromatic rings. The summed E-state index contributed by atoms with van der Waals surface area (Å²) in [6, 6.07) is 12.4. The van der Waals surface area contributed by atoms with Crippen molar-refractivity contribution in [3.05, 3.63) is 65.5 Å². The fourth-order valence-corrected chi connectivity index (χ4v) is 3.27. The third-order valence-electron chi connectivity index (χ3n) is 4.34. The number of likely N-dealkylation sites (tertiary alicyclic amines) is 1. The average Bonchev–Trinajstić information content (AvgIpc) is 2.49. The minimum atomic E-state index is -0.772. The minimum absolute atomic E-state index is 0.675. The normalized spacial score (nSPS) is 23.1. The summed E-state index contributed by atoms with van der Waals surface area (Å²) in [6.07, 6.45) is 5.43. The molecule has 1 atom stereocenters. The van der Waals surface area contributed by atoms with Crippen LogP contribution in [0.15, 0.2) is 48.8 Å². The maximum absolute atomic E-state index is 11.1. The summed E-state index contributed by atoms with van der Waals surface area (Å²) in [5.41, 5.74) is 2.62. The number of piperidine rings is 1. The number of β-amino-alcohol motifs (C(OH)–C–C–N with tert-alkyl or cyclic N) is 1. The highest BCUT2D eigenvalue weighted by atomic mass is 16.3. The van der Waals surface area contributed by atoms with Crippen LogP contribution in [0.5, 0.6) is 0 Å². The predicted octanol–water partition coefficient (Wildman–Crippen LogP) is 2.87. The zero-order valence-electron chi connectivity index (χ0n) is 12.5. The van der Waals surface area contributed by atoms with E-state index in [0.717, 1.165) is 37.1 Å². The highest BCUT2D eigenvalue weighted by molar-refractivity contribution is 5.29. The van der Waals surface area contributed by atoms with E-state index in [4.69, 9.17) is 0 Å². The van der Waals surface area contributed by atoms with E-state index in [2.05, 4.69) is 34.1 Å². The molecule has 1 saturated heterocycles. The molecule has 1 aromatic carbocycles. The van der Waals surface area contributed by atoms with E-state index in [1.165, 1.54) is 5.56 Å². The second-order valence-corrected chi connectivity index (χ2v) is 6.02. The lowest BCUT2D eigenvalue weighted by Gasteiger charge is -2.40. The first-order valence-electron chi connectivity index (χ1n) is 7.57. The molecule has 110 valence electrons. The van der Waals surface area contributed by atoms with E-state index >= 15 is 0 Å². The summed E-state index contributed by atoms with van der Waals surface area (Å²) < 4.78 is 0. The minimum Gasteiger partial charge on any atom is -0.384 e. The molecule has 2 heterocycles. The number of aryl methyl sites for hydroxylation is 1. The Hall–Kier alpha value is -1.71. The Morgan fingerprint density at radius 2 is 2.05 bits per heavy atom. The number of hydrogen-bond donors (Lipinski definition) is 1. The lowest BCUT2D eigenvalue weighted by Crippen LogP contribution is -2.46. The Bertz CT molecular complexity index is 599. The lowest BCUT2D eigenvalue weighted by molar-refractivity contribution is -0.0388. The van der Waals surface area contributed by atoms with E-state index in [9.17, 15) is 5.11 Å². The van der Waals surface area contributed by atoms with Gasteiger partial charge in [0.05, 0.1) is 0 Å². The van der Waals surface area contributed by atoms with E-state index in [0.29, 0.717) is 6.54 Å². The molecule has 21 heavy (non-hydrogen) atoms. The van der Waals surface area contributed by atoms with Crippen molar-refractivity contribution in [3.8, 4) is 0 Å². The van der Waals surface area contributed by atoms with Gasteiger partial charge in [-0.05, 0) is 43.5 Å². The first-order valence-corrected chi connectivity index (χ1v) is 7.57. The number of pyridine rings is 1. The number of benzene rings is 1. The van der Waals surface area contributed by atoms with Gasteiger partial charge in [0.15, 0.2) is 0 Å². The number of rotatable bonds is 3. The van der Waals surface area contributed by atoms with Crippen molar-refractivity contribution in [1.82, 2.24) is 9.88 Å². The maximum Gasteiger partial charge on any atom is 0.104 e. The Morgan fingerprint density at radius 3 is 2.81 bits per heavy atom. The Labute approximate surface area is 126 Å². The highest BCUT2D eigenvalue weighted by Gasteiger charge is 2.36. The lowest BCUT2D eigenvalue weighted by atomic mass is 9.84. The monoisotopic (exact) mass is 282 g/mol. The summed E-state index contributed by atoms with van der Waals surface area (Å²) in [5, 5.41) is 11.1. The average molecular weight is 282 g/mol. The largest absolute Gasteiger partial charge is 0.384 e. The van der Waals surface area contributed by atoms with Crippen LogP contribution in [0.2, 0.25) is 0 Å². The van der Waals surface area contributed by atoms with Gasteiger partial charge < -0.3 is 5.11 Å². The van der Waals surface area contributed by atoms with Crippen LogP contribution < -0.4 is 0 Å². The second kappa shape index (κ2) is 5.96. The summed E-state index contributed by atoms with van der Waals surface area (Å²) >= 11 is 0. The first-order chi connectivity index (χ1) is 10.2. The molecule has 1 aliphatic heterocycles. The van der Waals surface area contributed by atoms with Crippen LogP contribution in [-0.2, 0) is 12.1 Å². The molecule has 3 rings (SSSR count). The van der Waals surface area contributed by atoms with Crippen LogP contribution in [0.4, 0.5) is 0 Å². The van der Waals surface area contributed by atoms with Crippen molar-refractivity contribution in [2.45, 2.75) is 31.9 Å². The van der Waals surface area contributed by atoms with Crippen LogP contribution >= 0.6 is 0 Å². The molecular formula is C18H22N2O. The third kappa shape index (κ3) is 3.14. The summed E-state index contributed by atoms with van der Waals surface area (Å²) in [5.74, 6) is 0. The van der Waals surface area contributed by atoms with Crippen LogP contribution in [0.25, 0.3) is 0 Å². The molecule has 1 unspecified atom stereocenters. The molecule has 0 radical (unpaired) electrons. The molecule has 0 aliphatic carbocycles. The van der Waals surface area contributed by atoms with E-state index in [1.807, 2.05) is 25.3 Å². The highest BCUT2D eigenvalue weighted by Crippen LogP contribution is 2.33. The second-order valence-electron chi connectivity index (χ2n) is 6.02. The van der Waals surface area contributed by atoms with Crippen molar-refractivity contribution in [3.63, 3.8) is 0 Å². The van der Waals surface area contributed by atoms with Crippen molar-refractivity contribution in [1.29, 1.82) is 0 Å². The fourth-order valence-electron chi connectivity index (χ4n) is 3.27. The van der Waals surface area contributed by atoms with E-state index in [-0.39, 0.29) is 0 Å². The van der Waals surface area contributed by atoms with E-state index < -0.39 is 5.60 Å². The molecule has 0 spiro atoms. The SMILES string of the molecule is Cc1ccncc1C1(O)CCCN(Cc2ccccc2)C1. The van der Waals surface area contributed by atoms with Crippen molar-refractivity contribution in [2.24, 2.45) is 0 Å². The van der Waals surface area contributed by atoms with Crippen LogP contribution in [0.1, 0.15) is 29.5 Å². The van der Waals surface area contributed by atoms with Gasteiger partial charge in [0.25, 0.3) is 0 Å². The van der Waals surface area contributed by atoms with Gasteiger partial charge in [-0.2, -0.15) is 0 Å². The van der Waals surface area contributed by atoms with Crippen molar-refractivity contribution < 1.29 is 5.11 Å². The smallest absolute Gasteiger partial charge is 0.104 e. The van der Waals surface area contributed by atoms with Crippen LogP contribution in [0, 0.1) is 6.92 Å². The molecule has 0 amide bonds. The Morgan fingerprint density at radius 1 is 1.24 bits per heavy atom. The molecule has 0 bridgehead atoms. The summed E-state index contributed by atoms with van der Waals surface area (Å²) in [7, 11) is 0. The number of nitrogens with zero attached hydrogens (tertiary/aromatic N) is 2. The molecule has 1 aliphatic rings.